The van der Waals surface area contributed by atoms with Gasteiger partial charge in [0.1, 0.15) is 21.4 Å². The number of rotatable bonds is 15. The SMILES string of the molecule is CCOC(=O)c1sc(NC(=O)CSc2nnc(CNC(=O)c3ccccc3OC)n2-c2ccc(OCC)cc2)c(C(=O)OCC)c1C. The van der Waals surface area contributed by atoms with E-state index in [1.54, 1.807) is 61.7 Å². The first-order chi connectivity index (χ1) is 22.7. The number of carbonyl (C=O) groups is 4. The molecule has 0 saturated carbocycles. The van der Waals surface area contributed by atoms with Crippen molar-refractivity contribution in [1.82, 2.24) is 20.1 Å². The summed E-state index contributed by atoms with van der Waals surface area (Å²) >= 11 is 2.05. The van der Waals surface area contributed by atoms with Gasteiger partial charge in [0, 0.05) is 5.69 Å². The molecule has 0 aliphatic rings. The molecule has 2 heterocycles. The normalized spacial score (nSPS) is 10.7. The number of benzene rings is 2. The Morgan fingerprint density at radius 1 is 0.915 bits per heavy atom. The summed E-state index contributed by atoms with van der Waals surface area (Å²) in [5.41, 5.74) is 1.51. The molecule has 248 valence electrons. The number of ether oxygens (including phenoxy) is 4. The topological polar surface area (TPSA) is 160 Å². The molecule has 2 aromatic heterocycles. The minimum atomic E-state index is -0.658. The molecule has 0 fully saturated rings. The van der Waals surface area contributed by atoms with Gasteiger partial charge in [0.05, 0.1) is 50.4 Å². The fourth-order valence-electron chi connectivity index (χ4n) is 4.45. The van der Waals surface area contributed by atoms with Crippen LogP contribution in [0.25, 0.3) is 5.69 Å². The fraction of sp³-hybridized carbons (Fsp3) is 0.312. The summed E-state index contributed by atoms with van der Waals surface area (Å²) in [6, 6.07) is 14.1. The summed E-state index contributed by atoms with van der Waals surface area (Å²) in [5, 5.41) is 14.8. The van der Waals surface area contributed by atoms with Crippen LogP contribution in [0, 0.1) is 6.92 Å². The van der Waals surface area contributed by atoms with Crippen LogP contribution in [0.3, 0.4) is 0 Å². The third-order valence-electron chi connectivity index (χ3n) is 6.54. The summed E-state index contributed by atoms with van der Waals surface area (Å²) < 4.78 is 22.9. The molecule has 0 saturated heterocycles. The minimum Gasteiger partial charge on any atom is -0.496 e. The number of amides is 2. The minimum absolute atomic E-state index is 0.0257. The van der Waals surface area contributed by atoms with Crippen LogP contribution in [0.4, 0.5) is 5.00 Å². The van der Waals surface area contributed by atoms with Crippen LogP contribution >= 0.6 is 23.1 Å². The Hall–Kier alpha value is -4.89. The number of anilines is 1. The summed E-state index contributed by atoms with van der Waals surface area (Å²) in [6.07, 6.45) is 0. The van der Waals surface area contributed by atoms with Gasteiger partial charge in [-0.2, -0.15) is 0 Å². The van der Waals surface area contributed by atoms with Crippen molar-refractivity contribution in [2.75, 3.05) is 38.0 Å². The number of carbonyl (C=O) groups excluding carboxylic acids is 4. The van der Waals surface area contributed by atoms with Crippen LogP contribution in [-0.4, -0.2) is 71.2 Å². The second-order valence-corrected chi connectivity index (χ2v) is 11.5. The molecule has 2 N–H and O–H groups in total. The zero-order valence-corrected chi connectivity index (χ0v) is 28.2. The highest BCUT2D eigenvalue weighted by Gasteiger charge is 2.27. The first-order valence-electron chi connectivity index (χ1n) is 14.7. The van der Waals surface area contributed by atoms with Gasteiger partial charge in [-0.05, 0) is 69.7 Å². The number of thiophene rings is 1. The highest BCUT2D eigenvalue weighted by Crippen LogP contribution is 2.35. The van der Waals surface area contributed by atoms with Gasteiger partial charge in [-0.25, -0.2) is 9.59 Å². The molecule has 0 unspecified atom stereocenters. The van der Waals surface area contributed by atoms with Crippen LogP contribution < -0.4 is 20.1 Å². The molecule has 2 aromatic carbocycles. The van der Waals surface area contributed by atoms with Crippen LogP contribution in [-0.2, 0) is 20.8 Å². The number of para-hydroxylation sites is 1. The molecule has 0 radical (unpaired) electrons. The average molecular weight is 682 g/mol. The predicted octanol–water partition coefficient (Wildman–Crippen LogP) is 5.06. The van der Waals surface area contributed by atoms with Crippen LogP contribution in [0.2, 0.25) is 0 Å². The zero-order valence-electron chi connectivity index (χ0n) is 26.6. The summed E-state index contributed by atoms with van der Waals surface area (Å²) in [7, 11) is 1.49. The lowest BCUT2D eigenvalue weighted by Gasteiger charge is -2.13. The Kier molecular flexibility index (Phi) is 12.4. The molecule has 4 rings (SSSR count). The monoisotopic (exact) mass is 681 g/mol. The Balaban J connectivity index is 1.57. The largest absolute Gasteiger partial charge is 0.496 e. The van der Waals surface area contributed by atoms with Crippen LogP contribution in [0.1, 0.15) is 62.5 Å². The van der Waals surface area contributed by atoms with Gasteiger partial charge in [0.25, 0.3) is 5.91 Å². The molecule has 0 bridgehead atoms. The van der Waals surface area contributed by atoms with Crippen molar-refractivity contribution < 1.29 is 38.1 Å². The number of nitrogens with one attached hydrogen (secondary N) is 2. The molecule has 4 aromatic rings. The lowest BCUT2D eigenvalue weighted by Crippen LogP contribution is -2.25. The van der Waals surface area contributed by atoms with Crippen LogP contribution in [0.15, 0.2) is 53.7 Å². The molecular formula is C32H35N5O8S2. The summed E-state index contributed by atoms with van der Waals surface area (Å²) in [4.78, 5) is 51.7. The third-order valence-corrected chi connectivity index (χ3v) is 8.65. The van der Waals surface area contributed by atoms with E-state index < -0.39 is 17.8 Å². The van der Waals surface area contributed by atoms with Crippen molar-refractivity contribution in [3.05, 3.63) is 75.9 Å². The van der Waals surface area contributed by atoms with E-state index in [2.05, 4.69) is 20.8 Å². The lowest BCUT2D eigenvalue weighted by molar-refractivity contribution is -0.113. The predicted molar refractivity (Wildman–Crippen MR) is 177 cm³/mol. The van der Waals surface area contributed by atoms with Crippen molar-refractivity contribution in [2.24, 2.45) is 0 Å². The third kappa shape index (κ3) is 8.48. The molecular weight excluding hydrogens is 647 g/mol. The van der Waals surface area contributed by atoms with E-state index in [-0.39, 0.29) is 46.9 Å². The second-order valence-electron chi connectivity index (χ2n) is 9.58. The van der Waals surface area contributed by atoms with Crippen molar-refractivity contribution >= 4 is 51.9 Å². The van der Waals surface area contributed by atoms with Crippen molar-refractivity contribution in [3.63, 3.8) is 0 Å². The fourth-order valence-corrected chi connectivity index (χ4v) is 6.32. The van der Waals surface area contributed by atoms with Gasteiger partial charge in [-0.3, -0.25) is 14.2 Å². The van der Waals surface area contributed by atoms with E-state index >= 15 is 0 Å². The average Bonchev–Trinajstić information content (AvgIpc) is 3.63. The number of hydrogen-bond donors (Lipinski definition) is 2. The Morgan fingerprint density at radius 2 is 1.62 bits per heavy atom. The molecule has 0 spiro atoms. The highest BCUT2D eigenvalue weighted by molar-refractivity contribution is 7.99. The number of nitrogens with zero attached hydrogens (tertiary/aromatic N) is 3. The smallest absolute Gasteiger partial charge is 0.348 e. The number of aromatic nitrogens is 3. The quantitative estimate of drug-likeness (QED) is 0.128. The number of hydrogen-bond acceptors (Lipinski definition) is 12. The maximum Gasteiger partial charge on any atom is 0.348 e. The Bertz CT molecular complexity index is 1740. The molecule has 2 amide bonds. The van der Waals surface area contributed by atoms with E-state index in [4.69, 9.17) is 18.9 Å². The number of esters is 2. The first kappa shape index (κ1) is 35.0. The van der Waals surface area contributed by atoms with E-state index in [1.807, 2.05) is 19.1 Å². The van der Waals surface area contributed by atoms with Gasteiger partial charge in [0.15, 0.2) is 11.0 Å². The zero-order chi connectivity index (χ0) is 33.9. The van der Waals surface area contributed by atoms with Crippen molar-refractivity contribution in [2.45, 2.75) is 39.4 Å². The highest BCUT2D eigenvalue weighted by atomic mass is 32.2. The summed E-state index contributed by atoms with van der Waals surface area (Å²) in [5.74, 6) is -0.655. The lowest BCUT2D eigenvalue weighted by atomic mass is 10.1. The molecule has 0 aliphatic carbocycles. The second kappa shape index (κ2) is 16.6. The standard InChI is InChI=1S/C32H35N5O8S2/c1-6-43-21-15-13-20(14-16-21)37-24(17-33-28(39)22-11-9-10-12-23(22)42-5)35-36-32(37)46-18-25(38)34-29-26(30(40)44-7-2)19(4)27(47-29)31(41)45-8-3/h9-16H,6-8,17-18H2,1-5H3,(H,33,39)(H,34,38). The molecule has 0 aliphatic heterocycles. The van der Waals surface area contributed by atoms with E-state index in [1.165, 1.54) is 7.11 Å². The summed E-state index contributed by atoms with van der Waals surface area (Å²) in [6.45, 7) is 7.65. The molecule has 15 heteroatoms. The van der Waals surface area contributed by atoms with Crippen molar-refractivity contribution in [1.29, 1.82) is 0 Å². The van der Waals surface area contributed by atoms with E-state index in [0.717, 1.165) is 23.1 Å². The van der Waals surface area contributed by atoms with Gasteiger partial charge in [-0.1, -0.05) is 23.9 Å². The van der Waals surface area contributed by atoms with Crippen molar-refractivity contribution in [3.8, 4) is 17.2 Å². The first-order valence-corrected chi connectivity index (χ1v) is 16.5. The molecule has 0 atom stereocenters. The van der Waals surface area contributed by atoms with Gasteiger partial charge >= 0.3 is 11.9 Å². The maximum atomic E-state index is 13.2. The Labute approximate surface area is 280 Å². The number of methoxy groups -OCH3 is 1. The molecule has 47 heavy (non-hydrogen) atoms. The maximum absolute atomic E-state index is 13.2. The molecule has 13 nitrogen and oxygen atoms in total. The van der Waals surface area contributed by atoms with Gasteiger partial charge < -0.3 is 29.6 Å². The Morgan fingerprint density at radius 3 is 2.30 bits per heavy atom. The number of thioether (sulfide) groups is 1. The van der Waals surface area contributed by atoms with E-state index in [0.29, 0.717) is 45.9 Å². The van der Waals surface area contributed by atoms with Gasteiger partial charge in [0.2, 0.25) is 5.91 Å². The van der Waals surface area contributed by atoms with E-state index in [9.17, 15) is 19.2 Å². The van der Waals surface area contributed by atoms with Gasteiger partial charge in [-0.15, -0.1) is 21.5 Å². The van der Waals surface area contributed by atoms with Crippen LogP contribution in [0.5, 0.6) is 11.5 Å².